The smallest absolute Gasteiger partial charge is 0.164 e. The average Bonchev–Trinajstić information content (AvgIpc) is 3.55. The molecule has 9 aromatic rings. The Kier molecular flexibility index (Phi) is 6.65. The Labute approximate surface area is 276 Å². The van der Waals surface area contributed by atoms with Gasteiger partial charge in [0.05, 0.1) is 0 Å². The number of thiophene rings is 1. The van der Waals surface area contributed by atoms with Crippen molar-refractivity contribution in [2.75, 3.05) is 0 Å². The van der Waals surface area contributed by atoms with Crippen LogP contribution >= 0.6 is 11.3 Å². The Morgan fingerprint density at radius 2 is 0.979 bits per heavy atom. The van der Waals surface area contributed by atoms with Crippen LogP contribution in [-0.2, 0) is 0 Å². The highest BCUT2D eigenvalue weighted by Gasteiger charge is 2.20. The fourth-order valence-corrected chi connectivity index (χ4v) is 7.67. The molecule has 0 saturated heterocycles. The minimum atomic E-state index is 0.651. The van der Waals surface area contributed by atoms with Crippen molar-refractivity contribution in [3.05, 3.63) is 164 Å². The highest BCUT2D eigenvalue weighted by atomic mass is 32.1. The number of hydrogen-bond donors (Lipinski definition) is 0. The number of fused-ring (bicyclic) bond motifs is 4. The maximum atomic E-state index is 5.20. The summed E-state index contributed by atoms with van der Waals surface area (Å²) in [6.07, 6.45) is 0. The lowest BCUT2D eigenvalue weighted by atomic mass is 9.96. The molecular weight excluding hydrogens is 591 g/mol. The third-order valence-corrected chi connectivity index (χ3v) is 9.93. The maximum Gasteiger partial charge on any atom is 0.164 e. The summed E-state index contributed by atoms with van der Waals surface area (Å²) in [6.45, 7) is 0. The number of aromatic nitrogens is 3. The Morgan fingerprint density at radius 3 is 1.81 bits per heavy atom. The molecular formula is C43H27N3S. The second-order valence-electron chi connectivity index (χ2n) is 11.6. The van der Waals surface area contributed by atoms with E-state index in [2.05, 4.69) is 140 Å². The van der Waals surface area contributed by atoms with Crippen LogP contribution in [0.4, 0.5) is 0 Å². The van der Waals surface area contributed by atoms with E-state index in [0.29, 0.717) is 17.5 Å². The molecule has 0 bridgehead atoms. The molecule has 0 aliphatic rings. The summed E-state index contributed by atoms with van der Waals surface area (Å²) in [4.78, 5) is 15.4. The minimum Gasteiger partial charge on any atom is -0.208 e. The first kappa shape index (κ1) is 27.3. The largest absolute Gasteiger partial charge is 0.208 e. The number of nitrogens with zero attached hydrogens (tertiary/aromatic N) is 3. The summed E-state index contributed by atoms with van der Waals surface area (Å²) in [6, 6.07) is 57.4. The summed E-state index contributed by atoms with van der Waals surface area (Å²) < 4.78 is 2.47. The van der Waals surface area contributed by atoms with E-state index < -0.39 is 0 Å². The van der Waals surface area contributed by atoms with Gasteiger partial charge in [-0.3, -0.25) is 0 Å². The lowest BCUT2D eigenvalue weighted by molar-refractivity contribution is 1.08. The van der Waals surface area contributed by atoms with Crippen molar-refractivity contribution < 1.29 is 0 Å². The Bertz CT molecular complexity index is 2570. The molecule has 7 aromatic carbocycles. The Hall–Kier alpha value is -5.97. The molecule has 2 aromatic heterocycles. The second-order valence-corrected chi connectivity index (χ2v) is 12.7. The second kappa shape index (κ2) is 11.4. The highest BCUT2D eigenvalue weighted by Crippen LogP contribution is 2.45. The highest BCUT2D eigenvalue weighted by molar-refractivity contribution is 7.26. The van der Waals surface area contributed by atoms with Crippen LogP contribution in [0.25, 0.3) is 87.4 Å². The summed E-state index contributed by atoms with van der Waals surface area (Å²) in [5.41, 5.74) is 7.60. The zero-order chi connectivity index (χ0) is 31.2. The lowest BCUT2D eigenvalue weighted by Crippen LogP contribution is -2.00. The predicted molar refractivity (Wildman–Crippen MR) is 197 cm³/mol. The van der Waals surface area contributed by atoms with Crippen molar-refractivity contribution in [2.24, 2.45) is 0 Å². The third kappa shape index (κ3) is 4.96. The van der Waals surface area contributed by atoms with E-state index in [9.17, 15) is 0 Å². The van der Waals surface area contributed by atoms with Crippen molar-refractivity contribution in [1.82, 2.24) is 15.0 Å². The molecule has 9 rings (SSSR count). The summed E-state index contributed by atoms with van der Waals surface area (Å²) >= 11 is 1.83. The molecule has 0 radical (unpaired) electrons. The molecule has 220 valence electrons. The fraction of sp³-hybridized carbons (Fsp3) is 0. The molecule has 4 heteroatoms. The van der Waals surface area contributed by atoms with Crippen molar-refractivity contribution in [3.8, 4) is 56.4 Å². The molecule has 0 aliphatic carbocycles. The van der Waals surface area contributed by atoms with Gasteiger partial charge in [-0.15, -0.1) is 11.3 Å². The van der Waals surface area contributed by atoms with Gasteiger partial charge < -0.3 is 0 Å². The van der Waals surface area contributed by atoms with Crippen molar-refractivity contribution in [2.45, 2.75) is 0 Å². The van der Waals surface area contributed by atoms with Gasteiger partial charge in [0.1, 0.15) is 0 Å². The van der Waals surface area contributed by atoms with Crippen LogP contribution in [0.15, 0.2) is 164 Å². The van der Waals surface area contributed by atoms with Gasteiger partial charge in [0.15, 0.2) is 17.5 Å². The van der Waals surface area contributed by atoms with Crippen LogP contribution in [0.1, 0.15) is 0 Å². The first-order valence-corrected chi connectivity index (χ1v) is 16.5. The van der Waals surface area contributed by atoms with E-state index in [1.165, 1.54) is 42.1 Å². The molecule has 0 saturated carbocycles. The minimum absolute atomic E-state index is 0.651. The monoisotopic (exact) mass is 617 g/mol. The molecule has 0 spiro atoms. The maximum absolute atomic E-state index is 5.20. The topological polar surface area (TPSA) is 38.7 Å². The zero-order valence-electron chi connectivity index (χ0n) is 25.3. The Balaban J connectivity index is 1.28. The van der Waals surface area contributed by atoms with Crippen LogP contribution < -0.4 is 0 Å². The Morgan fingerprint density at radius 1 is 0.362 bits per heavy atom. The molecule has 0 aliphatic heterocycles. The van der Waals surface area contributed by atoms with Crippen molar-refractivity contribution in [1.29, 1.82) is 0 Å². The molecule has 3 nitrogen and oxygen atoms in total. The first-order chi connectivity index (χ1) is 23.3. The van der Waals surface area contributed by atoms with Crippen LogP contribution in [0.3, 0.4) is 0 Å². The lowest BCUT2D eigenvalue weighted by Gasteiger charge is -2.12. The van der Waals surface area contributed by atoms with Crippen molar-refractivity contribution >= 4 is 42.3 Å². The molecule has 2 heterocycles. The molecule has 0 amide bonds. The fourth-order valence-electron chi connectivity index (χ4n) is 6.41. The van der Waals surface area contributed by atoms with E-state index in [4.69, 9.17) is 15.0 Å². The van der Waals surface area contributed by atoms with Gasteiger partial charge in [-0.2, -0.15) is 0 Å². The van der Waals surface area contributed by atoms with Crippen LogP contribution in [0.2, 0.25) is 0 Å². The van der Waals surface area contributed by atoms with E-state index >= 15 is 0 Å². The molecule has 47 heavy (non-hydrogen) atoms. The molecule has 0 N–H and O–H groups in total. The third-order valence-electron chi connectivity index (χ3n) is 8.72. The van der Waals surface area contributed by atoms with Gasteiger partial charge in [-0.25, -0.2) is 15.0 Å². The summed E-state index contributed by atoms with van der Waals surface area (Å²) in [5, 5.41) is 4.85. The first-order valence-electron chi connectivity index (χ1n) is 15.7. The van der Waals surface area contributed by atoms with Gasteiger partial charge in [-0.05, 0) is 57.3 Å². The van der Waals surface area contributed by atoms with Crippen molar-refractivity contribution in [3.63, 3.8) is 0 Å². The van der Waals surface area contributed by atoms with Gasteiger partial charge in [0, 0.05) is 36.9 Å². The van der Waals surface area contributed by atoms with E-state index in [-0.39, 0.29) is 0 Å². The zero-order valence-corrected chi connectivity index (χ0v) is 26.2. The van der Waals surface area contributed by atoms with E-state index in [0.717, 1.165) is 27.8 Å². The standard InChI is InChI=1S/C43H27N3S/c1-3-12-28(13-4-1)32-18-11-19-34(27-32)42-44-41(30-15-5-2-6-16-30)45-43(46-42)37-25-24-35(33-23-22-29-14-7-8-17-31(29)26-33)40-39(37)36-20-9-10-21-38(36)47-40/h1-27H. The predicted octanol–water partition coefficient (Wildman–Crippen LogP) is 11.7. The van der Waals surface area contributed by atoms with Gasteiger partial charge in [0.25, 0.3) is 0 Å². The number of benzene rings is 7. The van der Waals surface area contributed by atoms with E-state index in [1.54, 1.807) is 0 Å². The van der Waals surface area contributed by atoms with Crippen LogP contribution in [0.5, 0.6) is 0 Å². The quantitative estimate of drug-likeness (QED) is 0.193. The number of hydrogen-bond acceptors (Lipinski definition) is 4. The van der Waals surface area contributed by atoms with Crippen LogP contribution in [-0.4, -0.2) is 15.0 Å². The van der Waals surface area contributed by atoms with Gasteiger partial charge >= 0.3 is 0 Å². The molecule has 0 unspecified atom stereocenters. The summed E-state index contributed by atoms with van der Waals surface area (Å²) in [5.74, 6) is 1.97. The van der Waals surface area contributed by atoms with E-state index in [1.807, 2.05) is 35.6 Å². The SMILES string of the molecule is c1ccc(-c2cccc(-c3nc(-c4ccccc4)nc(-c4ccc(-c5ccc6ccccc6c5)c5sc6ccccc6c45)n3)c2)cc1. The van der Waals surface area contributed by atoms with Crippen LogP contribution in [0, 0.1) is 0 Å². The normalized spacial score (nSPS) is 11.4. The molecule has 0 atom stereocenters. The van der Waals surface area contributed by atoms with Gasteiger partial charge in [0.2, 0.25) is 0 Å². The molecule has 0 fully saturated rings. The summed E-state index contributed by atoms with van der Waals surface area (Å²) in [7, 11) is 0. The average molecular weight is 618 g/mol. The number of rotatable bonds is 5. The van der Waals surface area contributed by atoms with Gasteiger partial charge in [-0.1, -0.05) is 140 Å².